The van der Waals surface area contributed by atoms with Crippen LogP contribution in [0, 0.1) is 5.82 Å². The van der Waals surface area contributed by atoms with Gasteiger partial charge in [0.1, 0.15) is 5.82 Å². The van der Waals surface area contributed by atoms with Crippen molar-refractivity contribution in [3.63, 3.8) is 0 Å². The van der Waals surface area contributed by atoms with Crippen LogP contribution in [0.25, 0.3) is 0 Å². The maximum absolute atomic E-state index is 13.4. The van der Waals surface area contributed by atoms with Gasteiger partial charge in [-0.1, -0.05) is 23.7 Å². The summed E-state index contributed by atoms with van der Waals surface area (Å²) in [5.74, 6) is -0.291. The van der Waals surface area contributed by atoms with Crippen molar-refractivity contribution >= 4 is 27.5 Å². The minimum atomic E-state index is -0.293. The first-order valence-corrected chi connectivity index (χ1v) is 6.54. The topological polar surface area (TPSA) is 38.9 Å². The van der Waals surface area contributed by atoms with E-state index in [1.54, 1.807) is 24.5 Å². The lowest BCUT2D eigenvalue weighted by molar-refractivity contribution is 0.614. The molecule has 0 spiro atoms. The van der Waals surface area contributed by atoms with E-state index in [0.717, 1.165) is 11.1 Å². The van der Waals surface area contributed by atoms with Gasteiger partial charge in [0.15, 0.2) is 0 Å². The van der Waals surface area contributed by atoms with Crippen LogP contribution in [-0.4, -0.2) is 4.98 Å². The molecule has 1 aromatic heterocycles. The highest BCUT2D eigenvalue weighted by molar-refractivity contribution is 9.10. The summed E-state index contributed by atoms with van der Waals surface area (Å²) in [5, 5.41) is 0.525. The Hall–Kier alpha value is -0.970. The molecule has 1 atom stereocenters. The molecule has 1 unspecified atom stereocenters. The molecule has 0 bridgehead atoms. The highest BCUT2D eigenvalue weighted by atomic mass is 79.9. The Labute approximate surface area is 118 Å². The number of rotatable bonds is 3. The van der Waals surface area contributed by atoms with Crippen molar-refractivity contribution in [2.24, 2.45) is 5.73 Å². The van der Waals surface area contributed by atoms with Crippen LogP contribution < -0.4 is 5.73 Å². The van der Waals surface area contributed by atoms with Gasteiger partial charge in [-0.05, 0) is 45.6 Å². The molecule has 2 N–H and O–H groups in total. The van der Waals surface area contributed by atoms with Crippen LogP contribution in [0.3, 0.4) is 0 Å². The molecule has 94 valence electrons. The van der Waals surface area contributed by atoms with Crippen LogP contribution in [-0.2, 0) is 6.42 Å². The van der Waals surface area contributed by atoms with Crippen molar-refractivity contribution in [3.8, 4) is 0 Å². The Kier molecular flexibility index (Phi) is 4.32. The van der Waals surface area contributed by atoms with Crippen LogP contribution >= 0.6 is 27.5 Å². The van der Waals surface area contributed by atoms with Crippen molar-refractivity contribution < 1.29 is 4.39 Å². The molecule has 0 aliphatic rings. The number of halogens is 3. The summed E-state index contributed by atoms with van der Waals surface area (Å²) >= 11 is 9.25. The second kappa shape index (κ2) is 5.78. The fraction of sp³-hybridized carbons (Fsp3) is 0.154. The van der Waals surface area contributed by atoms with Crippen molar-refractivity contribution in [1.82, 2.24) is 4.98 Å². The number of nitrogens with two attached hydrogens (primary N) is 1. The van der Waals surface area contributed by atoms with E-state index in [-0.39, 0.29) is 11.9 Å². The van der Waals surface area contributed by atoms with Gasteiger partial charge < -0.3 is 5.73 Å². The van der Waals surface area contributed by atoms with Crippen LogP contribution in [0.1, 0.15) is 17.2 Å². The zero-order valence-corrected chi connectivity index (χ0v) is 11.7. The molecule has 0 aliphatic carbocycles. The fourth-order valence-corrected chi connectivity index (χ4v) is 2.43. The van der Waals surface area contributed by atoms with Crippen molar-refractivity contribution in [2.75, 3.05) is 0 Å². The first kappa shape index (κ1) is 13.5. The smallest absolute Gasteiger partial charge is 0.137 e. The Bertz CT molecular complexity index is 562. The Morgan fingerprint density at radius 3 is 2.89 bits per heavy atom. The molecule has 0 saturated carbocycles. The van der Waals surface area contributed by atoms with Gasteiger partial charge in [0.05, 0.1) is 9.50 Å². The third-order valence-corrected chi connectivity index (χ3v) is 3.88. The van der Waals surface area contributed by atoms with Crippen molar-refractivity contribution in [1.29, 1.82) is 0 Å². The van der Waals surface area contributed by atoms with Crippen LogP contribution in [0.15, 0.2) is 41.1 Å². The second-order valence-corrected chi connectivity index (χ2v) is 5.12. The summed E-state index contributed by atoms with van der Waals surface area (Å²) in [6.45, 7) is 0. The molecule has 0 amide bonds. The number of hydrogen-bond donors (Lipinski definition) is 1. The first-order chi connectivity index (χ1) is 8.59. The molecular weight excluding hydrogens is 319 g/mol. The van der Waals surface area contributed by atoms with Crippen molar-refractivity contribution in [2.45, 2.75) is 12.5 Å². The monoisotopic (exact) mass is 328 g/mol. The highest BCUT2D eigenvalue weighted by Gasteiger charge is 2.13. The van der Waals surface area contributed by atoms with E-state index in [1.807, 2.05) is 6.07 Å². The summed E-state index contributed by atoms with van der Waals surface area (Å²) in [5.41, 5.74) is 7.71. The lowest BCUT2D eigenvalue weighted by atomic mass is 10.0. The van der Waals surface area contributed by atoms with Gasteiger partial charge in [-0.3, -0.25) is 4.98 Å². The molecule has 0 aliphatic heterocycles. The summed E-state index contributed by atoms with van der Waals surface area (Å²) in [6.07, 6.45) is 3.70. The van der Waals surface area contributed by atoms with Crippen LogP contribution in [0.4, 0.5) is 4.39 Å². The lowest BCUT2D eigenvalue weighted by Crippen LogP contribution is -2.14. The van der Waals surface area contributed by atoms with Gasteiger partial charge in [-0.15, -0.1) is 0 Å². The van der Waals surface area contributed by atoms with Gasteiger partial charge in [-0.2, -0.15) is 0 Å². The van der Waals surface area contributed by atoms with Gasteiger partial charge in [0.2, 0.25) is 0 Å². The first-order valence-electron chi connectivity index (χ1n) is 5.37. The Balaban J connectivity index is 2.24. The molecule has 1 heterocycles. The maximum Gasteiger partial charge on any atom is 0.137 e. The van der Waals surface area contributed by atoms with E-state index in [2.05, 4.69) is 20.9 Å². The molecule has 18 heavy (non-hydrogen) atoms. The second-order valence-electron chi connectivity index (χ2n) is 3.92. The van der Waals surface area contributed by atoms with Crippen molar-refractivity contribution in [3.05, 3.63) is 63.1 Å². The molecular formula is C13H11BrClFN2. The molecule has 1 aromatic carbocycles. The number of benzene rings is 1. The van der Waals surface area contributed by atoms with Gasteiger partial charge in [0, 0.05) is 18.4 Å². The Morgan fingerprint density at radius 2 is 2.17 bits per heavy atom. The Morgan fingerprint density at radius 1 is 1.39 bits per heavy atom. The number of pyridine rings is 1. The van der Waals surface area contributed by atoms with E-state index >= 15 is 0 Å². The molecule has 5 heteroatoms. The molecule has 2 nitrogen and oxygen atoms in total. The van der Waals surface area contributed by atoms with Gasteiger partial charge in [-0.25, -0.2) is 4.39 Å². The van der Waals surface area contributed by atoms with Crippen LogP contribution in [0.2, 0.25) is 5.02 Å². The van der Waals surface area contributed by atoms with Gasteiger partial charge >= 0.3 is 0 Å². The SMILES string of the molecule is NC(Cc1cccc(F)c1Br)c1ccncc1Cl. The zero-order chi connectivity index (χ0) is 13.1. The predicted octanol–water partition coefficient (Wildman–Crippen LogP) is 3.88. The summed E-state index contributed by atoms with van der Waals surface area (Å²) in [4.78, 5) is 3.91. The lowest BCUT2D eigenvalue weighted by Gasteiger charge is -2.14. The van der Waals surface area contributed by atoms with Gasteiger partial charge in [0.25, 0.3) is 0 Å². The third-order valence-electron chi connectivity index (χ3n) is 2.67. The van der Waals surface area contributed by atoms with E-state index < -0.39 is 0 Å². The average Bonchev–Trinajstić information content (AvgIpc) is 2.35. The highest BCUT2D eigenvalue weighted by Crippen LogP contribution is 2.27. The van der Waals surface area contributed by atoms with E-state index in [0.29, 0.717) is 15.9 Å². The maximum atomic E-state index is 13.4. The minimum absolute atomic E-state index is 0.291. The summed E-state index contributed by atoms with van der Waals surface area (Å²) < 4.78 is 13.8. The summed E-state index contributed by atoms with van der Waals surface area (Å²) in [6, 6.07) is 6.38. The molecule has 2 rings (SSSR count). The minimum Gasteiger partial charge on any atom is -0.324 e. The van der Waals surface area contributed by atoms with E-state index in [4.69, 9.17) is 17.3 Å². The molecule has 0 saturated heterocycles. The largest absolute Gasteiger partial charge is 0.324 e. The number of aromatic nitrogens is 1. The fourth-order valence-electron chi connectivity index (χ4n) is 1.74. The van der Waals surface area contributed by atoms with E-state index in [9.17, 15) is 4.39 Å². The average molecular weight is 330 g/mol. The predicted molar refractivity (Wildman–Crippen MR) is 74.0 cm³/mol. The molecule has 0 fully saturated rings. The van der Waals surface area contributed by atoms with E-state index in [1.165, 1.54) is 6.07 Å². The number of hydrogen-bond acceptors (Lipinski definition) is 2. The number of nitrogens with zero attached hydrogens (tertiary/aromatic N) is 1. The van der Waals surface area contributed by atoms with Crippen LogP contribution in [0.5, 0.6) is 0 Å². The summed E-state index contributed by atoms with van der Waals surface area (Å²) in [7, 11) is 0. The molecule has 2 aromatic rings. The zero-order valence-electron chi connectivity index (χ0n) is 9.41. The molecule has 0 radical (unpaired) electrons. The quantitative estimate of drug-likeness (QED) is 0.928. The normalized spacial score (nSPS) is 12.4. The third kappa shape index (κ3) is 2.88. The standard InChI is InChI=1S/C13H11BrClFN2/c14-13-8(2-1-3-11(13)16)6-12(17)9-4-5-18-7-10(9)15/h1-5,7,12H,6,17H2.